The lowest BCUT2D eigenvalue weighted by atomic mass is 10.1. The average Bonchev–Trinajstić information content (AvgIpc) is 2.82. The van der Waals surface area contributed by atoms with Crippen LogP contribution in [-0.2, 0) is 4.79 Å². The van der Waals surface area contributed by atoms with Crippen molar-refractivity contribution < 1.29 is 4.79 Å². The third-order valence-corrected chi connectivity index (χ3v) is 3.91. The number of nitrogens with two attached hydrogens (primary N) is 1. The first kappa shape index (κ1) is 13.2. The Bertz CT molecular complexity index is 320. The molecule has 0 fully saturated rings. The zero-order valence-corrected chi connectivity index (χ0v) is 11.0. The molecule has 0 aliphatic carbocycles. The fourth-order valence-electron chi connectivity index (χ4n) is 1.83. The quantitative estimate of drug-likeness (QED) is 0.859. The molecule has 1 atom stereocenters. The minimum Gasteiger partial charge on any atom is -0.341 e. The van der Waals surface area contributed by atoms with Crippen LogP contribution in [0.4, 0.5) is 0 Å². The molecule has 1 aromatic heterocycles. The summed E-state index contributed by atoms with van der Waals surface area (Å²) >= 11 is 1.53. The van der Waals surface area contributed by atoms with Crippen LogP contribution in [0.3, 0.4) is 0 Å². The van der Waals surface area contributed by atoms with E-state index in [0.29, 0.717) is 6.04 Å². The second-order valence-electron chi connectivity index (χ2n) is 3.91. The highest BCUT2D eigenvalue weighted by Crippen LogP contribution is 2.20. The van der Waals surface area contributed by atoms with Gasteiger partial charge in [0.05, 0.1) is 0 Å². The molecular formula is C12H20N2OS. The Morgan fingerprint density at radius 3 is 2.56 bits per heavy atom. The highest BCUT2D eigenvalue weighted by molar-refractivity contribution is 7.10. The molecule has 16 heavy (non-hydrogen) atoms. The highest BCUT2D eigenvalue weighted by atomic mass is 32.1. The van der Waals surface area contributed by atoms with E-state index in [1.54, 1.807) is 4.90 Å². The van der Waals surface area contributed by atoms with E-state index in [2.05, 4.69) is 13.8 Å². The lowest BCUT2D eigenvalue weighted by molar-refractivity contribution is -0.133. The number of hydrogen-bond acceptors (Lipinski definition) is 3. The molecule has 1 heterocycles. The molecule has 0 aromatic carbocycles. The smallest absolute Gasteiger partial charge is 0.244 e. The summed E-state index contributed by atoms with van der Waals surface area (Å²) in [5.74, 6) is 0.0103. The maximum Gasteiger partial charge on any atom is 0.244 e. The Morgan fingerprint density at radius 1 is 1.50 bits per heavy atom. The topological polar surface area (TPSA) is 46.3 Å². The predicted molar refractivity (Wildman–Crippen MR) is 68.4 cm³/mol. The summed E-state index contributed by atoms with van der Waals surface area (Å²) in [5, 5.41) is 1.94. The van der Waals surface area contributed by atoms with Gasteiger partial charge in [0.25, 0.3) is 0 Å². The number of carbonyl (C=O) groups excluding carboxylic acids is 1. The van der Waals surface area contributed by atoms with Crippen molar-refractivity contribution in [1.82, 2.24) is 4.90 Å². The summed E-state index contributed by atoms with van der Waals surface area (Å²) in [6.45, 7) is 4.18. The minimum absolute atomic E-state index is 0.0103. The molecule has 90 valence electrons. The fourth-order valence-corrected chi connectivity index (χ4v) is 2.54. The normalized spacial score (nSPS) is 12.8. The highest BCUT2D eigenvalue weighted by Gasteiger charge is 2.24. The molecule has 0 saturated heterocycles. The summed E-state index contributed by atoms with van der Waals surface area (Å²) < 4.78 is 0. The molecule has 0 bridgehead atoms. The Labute approximate surface area is 101 Å². The van der Waals surface area contributed by atoms with Crippen LogP contribution < -0.4 is 5.73 Å². The van der Waals surface area contributed by atoms with Crippen LogP contribution in [0.5, 0.6) is 0 Å². The van der Waals surface area contributed by atoms with Crippen molar-refractivity contribution >= 4 is 17.2 Å². The lowest BCUT2D eigenvalue weighted by Gasteiger charge is -2.28. The number of nitrogens with zero attached hydrogens (tertiary/aromatic N) is 1. The van der Waals surface area contributed by atoms with Gasteiger partial charge in [0.2, 0.25) is 5.91 Å². The van der Waals surface area contributed by atoms with Gasteiger partial charge in [0, 0.05) is 18.0 Å². The molecule has 0 spiro atoms. The minimum atomic E-state index is -0.509. The lowest BCUT2D eigenvalue weighted by Crippen LogP contribution is -2.41. The molecular weight excluding hydrogens is 220 g/mol. The number of rotatable bonds is 5. The van der Waals surface area contributed by atoms with Crippen molar-refractivity contribution in [2.45, 2.75) is 38.8 Å². The molecule has 0 radical (unpaired) electrons. The Kier molecular flexibility index (Phi) is 4.96. The van der Waals surface area contributed by atoms with Crippen molar-refractivity contribution in [2.75, 3.05) is 7.05 Å². The molecule has 1 rings (SSSR count). The largest absolute Gasteiger partial charge is 0.341 e. The van der Waals surface area contributed by atoms with Crippen molar-refractivity contribution in [1.29, 1.82) is 0 Å². The van der Waals surface area contributed by atoms with Crippen LogP contribution >= 0.6 is 11.3 Å². The zero-order chi connectivity index (χ0) is 12.1. The van der Waals surface area contributed by atoms with Crippen LogP contribution in [0, 0.1) is 0 Å². The van der Waals surface area contributed by atoms with Crippen molar-refractivity contribution in [3.63, 3.8) is 0 Å². The van der Waals surface area contributed by atoms with Gasteiger partial charge in [-0.05, 0) is 24.3 Å². The van der Waals surface area contributed by atoms with Gasteiger partial charge in [-0.15, -0.1) is 11.3 Å². The van der Waals surface area contributed by atoms with E-state index < -0.39 is 6.04 Å². The second kappa shape index (κ2) is 6.01. The number of likely N-dealkylation sites (N-methyl/N-ethyl adjacent to an activating group) is 1. The fraction of sp³-hybridized carbons (Fsp3) is 0.583. The Balaban J connectivity index is 2.70. The van der Waals surface area contributed by atoms with Crippen molar-refractivity contribution in [3.8, 4) is 0 Å². The first-order valence-corrected chi connectivity index (χ1v) is 6.55. The molecule has 1 amide bonds. The molecule has 0 saturated carbocycles. The predicted octanol–water partition coefficient (Wildman–Crippen LogP) is 2.39. The molecule has 1 aromatic rings. The van der Waals surface area contributed by atoms with Gasteiger partial charge in [0.1, 0.15) is 6.04 Å². The van der Waals surface area contributed by atoms with Gasteiger partial charge in [0.15, 0.2) is 0 Å². The first-order valence-electron chi connectivity index (χ1n) is 5.67. The summed E-state index contributed by atoms with van der Waals surface area (Å²) in [5.41, 5.74) is 5.95. The van der Waals surface area contributed by atoms with E-state index in [0.717, 1.165) is 17.7 Å². The summed E-state index contributed by atoms with van der Waals surface area (Å²) in [4.78, 5) is 14.8. The first-order chi connectivity index (χ1) is 7.61. The van der Waals surface area contributed by atoms with Crippen LogP contribution in [-0.4, -0.2) is 23.9 Å². The molecule has 1 unspecified atom stereocenters. The van der Waals surface area contributed by atoms with E-state index in [9.17, 15) is 4.79 Å². The van der Waals surface area contributed by atoms with Crippen LogP contribution in [0.1, 0.15) is 37.6 Å². The third kappa shape index (κ3) is 2.83. The molecule has 0 aliphatic heterocycles. The van der Waals surface area contributed by atoms with Crippen LogP contribution in [0.2, 0.25) is 0 Å². The van der Waals surface area contributed by atoms with Gasteiger partial charge >= 0.3 is 0 Å². The van der Waals surface area contributed by atoms with E-state index in [1.807, 2.05) is 24.6 Å². The van der Waals surface area contributed by atoms with E-state index in [1.165, 1.54) is 11.3 Å². The number of hydrogen-bond donors (Lipinski definition) is 1. The molecule has 3 nitrogen and oxygen atoms in total. The summed E-state index contributed by atoms with van der Waals surface area (Å²) in [6, 6.07) is 3.61. The van der Waals surface area contributed by atoms with Crippen LogP contribution in [0.15, 0.2) is 17.5 Å². The third-order valence-electron chi connectivity index (χ3n) is 2.95. The van der Waals surface area contributed by atoms with Gasteiger partial charge in [-0.3, -0.25) is 4.79 Å². The summed E-state index contributed by atoms with van der Waals surface area (Å²) in [6.07, 6.45) is 1.94. The maximum atomic E-state index is 12.1. The molecule has 4 heteroatoms. The van der Waals surface area contributed by atoms with Gasteiger partial charge in [-0.2, -0.15) is 0 Å². The average molecular weight is 240 g/mol. The number of thiophene rings is 1. The van der Waals surface area contributed by atoms with Crippen molar-refractivity contribution in [2.24, 2.45) is 5.73 Å². The van der Waals surface area contributed by atoms with Crippen LogP contribution in [0.25, 0.3) is 0 Å². The standard InChI is InChI=1S/C12H20N2OS/c1-4-9(5-2)14(3)12(15)11(13)10-7-6-8-16-10/h6-9,11H,4-5,13H2,1-3H3. The zero-order valence-electron chi connectivity index (χ0n) is 10.1. The van der Waals surface area contributed by atoms with Gasteiger partial charge < -0.3 is 10.6 Å². The number of amides is 1. The maximum absolute atomic E-state index is 12.1. The monoisotopic (exact) mass is 240 g/mol. The van der Waals surface area contributed by atoms with E-state index >= 15 is 0 Å². The molecule has 2 N–H and O–H groups in total. The summed E-state index contributed by atoms with van der Waals surface area (Å²) in [7, 11) is 1.84. The number of carbonyl (C=O) groups is 1. The SMILES string of the molecule is CCC(CC)N(C)C(=O)C(N)c1cccs1. The van der Waals surface area contributed by atoms with Gasteiger partial charge in [-0.25, -0.2) is 0 Å². The van der Waals surface area contributed by atoms with E-state index in [4.69, 9.17) is 5.73 Å². The van der Waals surface area contributed by atoms with Crippen molar-refractivity contribution in [3.05, 3.63) is 22.4 Å². The van der Waals surface area contributed by atoms with Gasteiger partial charge in [-0.1, -0.05) is 19.9 Å². The second-order valence-corrected chi connectivity index (χ2v) is 4.89. The molecule has 0 aliphatic rings. The van der Waals surface area contributed by atoms with E-state index in [-0.39, 0.29) is 5.91 Å². The Hall–Kier alpha value is -0.870. The Morgan fingerprint density at radius 2 is 2.12 bits per heavy atom.